The van der Waals surface area contributed by atoms with Crippen LogP contribution in [-0.2, 0) is 12.0 Å². The van der Waals surface area contributed by atoms with E-state index in [1.807, 2.05) is 51.1 Å². The van der Waals surface area contributed by atoms with Crippen LogP contribution in [-0.4, -0.2) is 15.2 Å². The van der Waals surface area contributed by atoms with Gasteiger partial charge in [0, 0.05) is 12.0 Å². The van der Waals surface area contributed by atoms with Crippen molar-refractivity contribution in [3.8, 4) is 0 Å². The van der Waals surface area contributed by atoms with Crippen molar-refractivity contribution in [2.24, 2.45) is 0 Å². The lowest BCUT2D eigenvalue weighted by atomic mass is 9.93. The van der Waals surface area contributed by atoms with Crippen LogP contribution in [0.3, 0.4) is 0 Å². The molecule has 1 aromatic carbocycles. The van der Waals surface area contributed by atoms with Crippen molar-refractivity contribution >= 4 is 5.95 Å². The van der Waals surface area contributed by atoms with E-state index in [1.165, 1.54) is 0 Å². The molecule has 100 valence electrons. The van der Waals surface area contributed by atoms with Crippen molar-refractivity contribution in [3.05, 3.63) is 51.9 Å². The van der Waals surface area contributed by atoms with Gasteiger partial charge < -0.3 is 5.32 Å². The van der Waals surface area contributed by atoms with Crippen molar-refractivity contribution in [1.29, 1.82) is 0 Å². The number of hydrogen-bond acceptors (Lipinski definition) is 4. The molecule has 0 aliphatic heterocycles. The van der Waals surface area contributed by atoms with Crippen LogP contribution in [0.25, 0.3) is 0 Å². The summed E-state index contributed by atoms with van der Waals surface area (Å²) in [4.78, 5) is 14.6. The van der Waals surface area contributed by atoms with E-state index >= 15 is 0 Å². The number of nitrogens with one attached hydrogen (secondary N) is 2. The van der Waals surface area contributed by atoms with Gasteiger partial charge in [-0.15, -0.1) is 10.2 Å². The molecule has 0 aliphatic rings. The second-order valence-corrected chi connectivity index (χ2v) is 5.44. The molecule has 1 aromatic heterocycles. The van der Waals surface area contributed by atoms with Crippen LogP contribution in [0.1, 0.15) is 32.0 Å². The van der Waals surface area contributed by atoms with Crippen LogP contribution in [0, 0.1) is 0 Å². The monoisotopic (exact) mass is 258 g/mol. The fourth-order valence-corrected chi connectivity index (χ4v) is 1.69. The summed E-state index contributed by atoms with van der Waals surface area (Å²) in [5.41, 5.74) is 1.05. The second kappa shape index (κ2) is 5.22. The predicted octanol–water partition coefficient (Wildman–Crippen LogP) is 2.07. The number of hydrogen-bond donors (Lipinski definition) is 2. The number of anilines is 1. The molecule has 0 atom stereocenters. The van der Waals surface area contributed by atoms with E-state index in [1.54, 1.807) is 0 Å². The summed E-state index contributed by atoms with van der Waals surface area (Å²) >= 11 is 0. The van der Waals surface area contributed by atoms with Gasteiger partial charge in [-0.1, -0.05) is 51.1 Å². The number of aromatic amines is 1. The van der Waals surface area contributed by atoms with E-state index in [9.17, 15) is 4.79 Å². The number of benzene rings is 1. The highest BCUT2D eigenvalue weighted by atomic mass is 16.1. The molecule has 5 nitrogen and oxygen atoms in total. The summed E-state index contributed by atoms with van der Waals surface area (Å²) < 4.78 is 0. The molecule has 0 unspecified atom stereocenters. The maximum absolute atomic E-state index is 11.9. The first-order chi connectivity index (χ1) is 8.97. The maximum Gasteiger partial charge on any atom is 0.274 e. The van der Waals surface area contributed by atoms with Crippen molar-refractivity contribution in [2.75, 3.05) is 5.32 Å². The van der Waals surface area contributed by atoms with Gasteiger partial charge in [-0.3, -0.25) is 9.78 Å². The Balaban J connectivity index is 2.11. The number of H-pyrrole nitrogens is 1. The molecule has 1 heterocycles. The molecule has 19 heavy (non-hydrogen) atoms. The highest BCUT2D eigenvalue weighted by molar-refractivity contribution is 5.26. The summed E-state index contributed by atoms with van der Waals surface area (Å²) in [5, 5.41) is 11.1. The van der Waals surface area contributed by atoms with Gasteiger partial charge in [-0.25, -0.2) is 0 Å². The van der Waals surface area contributed by atoms with E-state index in [2.05, 4.69) is 20.5 Å². The predicted molar refractivity (Wildman–Crippen MR) is 75.1 cm³/mol. The molecule has 2 N–H and O–H groups in total. The first kappa shape index (κ1) is 13.3. The van der Waals surface area contributed by atoms with Gasteiger partial charge in [0.15, 0.2) is 0 Å². The first-order valence-electron chi connectivity index (χ1n) is 6.22. The van der Waals surface area contributed by atoms with Gasteiger partial charge in [-0.05, 0) is 5.56 Å². The normalized spacial score (nSPS) is 11.3. The van der Waals surface area contributed by atoms with Crippen LogP contribution < -0.4 is 10.9 Å². The van der Waals surface area contributed by atoms with E-state index < -0.39 is 0 Å². The minimum atomic E-state index is -0.307. The van der Waals surface area contributed by atoms with Crippen LogP contribution in [0.5, 0.6) is 0 Å². The number of nitrogens with zero attached hydrogens (tertiary/aromatic N) is 2. The average molecular weight is 258 g/mol. The molecule has 0 radical (unpaired) electrons. The quantitative estimate of drug-likeness (QED) is 0.884. The van der Waals surface area contributed by atoms with Crippen molar-refractivity contribution in [3.63, 3.8) is 0 Å². The Hall–Kier alpha value is -2.17. The Morgan fingerprint density at radius 3 is 2.42 bits per heavy atom. The molecule has 5 heteroatoms. The molecular weight excluding hydrogens is 240 g/mol. The summed E-state index contributed by atoms with van der Waals surface area (Å²) in [6, 6.07) is 9.90. The molecule has 2 aromatic rings. The minimum absolute atomic E-state index is 0.196. The first-order valence-corrected chi connectivity index (χ1v) is 6.22. The molecule has 0 saturated carbocycles. The topological polar surface area (TPSA) is 70.7 Å². The van der Waals surface area contributed by atoms with Crippen molar-refractivity contribution < 1.29 is 0 Å². The van der Waals surface area contributed by atoms with E-state index in [-0.39, 0.29) is 11.0 Å². The lowest BCUT2D eigenvalue weighted by molar-refractivity contribution is 0.547. The van der Waals surface area contributed by atoms with Crippen LogP contribution in [0.4, 0.5) is 5.95 Å². The molecule has 0 spiro atoms. The van der Waals surface area contributed by atoms with Crippen LogP contribution >= 0.6 is 0 Å². The lowest BCUT2D eigenvalue weighted by Gasteiger charge is -2.15. The average Bonchev–Trinajstić information content (AvgIpc) is 2.36. The molecule has 2 rings (SSSR count). The van der Waals surface area contributed by atoms with Gasteiger partial charge in [0.2, 0.25) is 5.95 Å². The van der Waals surface area contributed by atoms with Crippen molar-refractivity contribution in [1.82, 2.24) is 15.2 Å². The third-order valence-corrected chi connectivity index (χ3v) is 2.71. The number of rotatable bonds is 3. The Bertz CT molecular complexity index is 599. The Morgan fingerprint density at radius 1 is 1.16 bits per heavy atom. The van der Waals surface area contributed by atoms with E-state index in [0.717, 1.165) is 5.56 Å². The summed E-state index contributed by atoms with van der Waals surface area (Å²) in [6.45, 7) is 6.40. The Morgan fingerprint density at radius 2 is 1.84 bits per heavy atom. The third kappa shape index (κ3) is 3.40. The Labute approximate surface area is 112 Å². The molecule has 0 fully saturated rings. The molecule has 0 amide bonds. The lowest BCUT2D eigenvalue weighted by Crippen LogP contribution is -2.28. The minimum Gasteiger partial charge on any atom is -0.350 e. The van der Waals surface area contributed by atoms with Gasteiger partial charge in [-0.2, -0.15) is 0 Å². The molecule has 0 bridgehead atoms. The summed E-state index contributed by atoms with van der Waals surface area (Å²) in [5.74, 6) is 0.391. The smallest absolute Gasteiger partial charge is 0.274 e. The largest absolute Gasteiger partial charge is 0.350 e. The van der Waals surface area contributed by atoms with Crippen LogP contribution in [0.15, 0.2) is 35.1 Å². The Kier molecular flexibility index (Phi) is 3.64. The van der Waals surface area contributed by atoms with Crippen LogP contribution in [0.2, 0.25) is 0 Å². The summed E-state index contributed by atoms with van der Waals surface area (Å²) in [6.07, 6.45) is 0. The zero-order valence-electron chi connectivity index (χ0n) is 11.4. The standard InChI is InChI=1S/C14H18N4O/c1-14(2,3)11-12(19)16-13(18-17-11)15-9-10-7-5-4-6-8-10/h4-8H,9H2,1-3H3,(H2,15,16,18,19). The third-order valence-electron chi connectivity index (χ3n) is 2.71. The fourth-order valence-electron chi connectivity index (χ4n) is 1.69. The molecular formula is C14H18N4O. The van der Waals surface area contributed by atoms with Gasteiger partial charge in [0.25, 0.3) is 5.56 Å². The second-order valence-electron chi connectivity index (χ2n) is 5.44. The summed E-state index contributed by atoms with van der Waals surface area (Å²) in [7, 11) is 0. The van der Waals surface area contributed by atoms with E-state index in [4.69, 9.17) is 0 Å². The van der Waals surface area contributed by atoms with E-state index in [0.29, 0.717) is 18.2 Å². The van der Waals surface area contributed by atoms with Gasteiger partial charge in [0.1, 0.15) is 5.69 Å². The molecule has 0 aliphatic carbocycles. The maximum atomic E-state index is 11.9. The number of aromatic nitrogens is 3. The fraction of sp³-hybridized carbons (Fsp3) is 0.357. The SMILES string of the molecule is CC(C)(C)c1nnc(NCc2ccccc2)[nH]c1=O. The van der Waals surface area contributed by atoms with Gasteiger partial charge in [0.05, 0.1) is 0 Å². The highest BCUT2D eigenvalue weighted by Crippen LogP contribution is 2.15. The van der Waals surface area contributed by atoms with Gasteiger partial charge >= 0.3 is 0 Å². The molecule has 0 saturated heterocycles. The zero-order chi connectivity index (χ0) is 13.9. The zero-order valence-corrected chi connectivity index (χ0v) is 11.4. The van der Waals surface area contributed by atoms with Crippen molar-refractivity contribution in [2.45, 2.75) is 32.7 Å². The highest BCUT2D eigenvalue weighted by Gasteiger charge is 2.20.